The van der Waals surface area contributed by atoms with E-state index in [4.69, 9.17) is 9.26 Å². The van der Waals surface area contributed by atoms with Gasteiger partial charge < -0.3 is 14.2 Å². The van der Waals surface area contributed by atoms with Crippen molar-refractivity contribution < 1.29 is 9.26 Å². The third-order valence-corrected chi connectivity index (χ3v) is 4.72. The van der Waals surface area contributed by atoms with E-state index < -0.39 is 0 Å². The minimum absolute atomic E-state index is 0.564. The topological polar surface area (TPSA) is 38.5 Å². The summed E-state index contributed by atoms with van der Waals surface area (Å²) >= 11 is 0. The zero-order chi connectivity index (χ0) is 16.1. The predicted octanol–water partition coefficient (Wildman–Crippen LogP) is 4.41. The molecule has 0 bridgehead atoms. The molecule has 1 aromatic heterocycles. The molecule has 124 valence electrons. The van der Waals surface area contributed by atoms with E-state index in [1.807, 2.05) is 6.07 Å². The first-order valence-corrected chi connectivity index (χ1v) is 8.65. The summed E-state index contributed by atoms with van der Waals surface area (Å²) in [4.78, 5) is 2.34. The van der Waals surface area contributed by atoms with Crippen molar-refractivity contribution in [3.05, 3.63) is 41.7 Å². The molecule has 0 spiro atoms. The lowest BCUT2D eigenvalue weighted by Gasteiger charge is -2.32. The van der Waals surface area contributed by atoms with Crippen LogP contribution in [0.1, 0.15) is 49.8 Å². The van der Waals surface area contributed by atoms with Gasteiger partial charge in [0.1, 0.15) is 11.5 Å². The second kappa shape index (κ2) is 7.53. The van der Waals surface area contributed by atoms with Crippen molar-refractivity contribution in [3.63, 3.8) is 0 Å². The number of unbranched alkanes of at least 4 members (excludes halogenated alkanes) is 1. The molecule has 1 fully saturated rings. The van der Waals surface area contributed by atoms with Crippen LogP contribution in [0.15, 0.2) is 34.9 Å². The van der Waals surface area contributed by atoms with Gasteiger partial charge in [-0.05, 0) is 36.8 Å². The van der Waals surface area contributed by atoms with Gasteiger partial charge in [-0.15, -0.1) is 0 Å². The van der Waals surface area contributed by atoms with E-state index in [9.17, 15) is 0 Å². The monoisotopic (exact) mass is 314 g/mol. The number of ether oxygens (including phenoxy) is 1. The number of methoxy groups -OCH3 is 1. The highest BCUT2D eigenvalue weighted by molar-refractivity contribution is 5.41. The van der Waals surface area contributed by atoms with Gasteiger partial charge in [0.2, 0.25) is 0 Å². The molecule has 3 rings (SSSR count). The molecule has 2 aromatic rings. The van der Waals surface area contributed by atoms with Crippen LogP contribution in [0.5, 0.6) is 5.75 Å². The quantitative estimate of drug-likeness (QED) is 0.791. The molecule has 2 heterocycles. The van der Waals surface area contributed by atoms with Crippen molar-refractivity contribution in [2.45, 2.75) is 44.9 Å². The molecule has 4 heteroatoms. The Morgan fingerprint density at radius 1 is 1.26 bits per heavy atom. The summed E-state index contributed by atoms with van der Waals surface area (Å²) in [7, 11) is 1.75. The third-order valence-electron chi connectivity index (χ3n) is 4.72. The van der Waals surface area contributed by atoms with Gasteiger partial charge in [-0.2, -0.15) is 0 Å². The SMILES string of the molecule is CCCCc1cc(N2CCC(c3ccccc3OC)CC2)no1. The molecular formula is C19H26N2O2. The average molecular weight is 314 g/mol. The van der Waals surface area contributed by atoms with Crippen LogP contribution < -0.4 is 9.64 Å². The van der Waals surface area contributed by atoms with E-state index in [0.29, 0.717) is 5.92 Å². The number of anilines is 1. The molecule has 0 radical (unpaired) electrons. The van der Waals surface area contributed by atoms with Crippen LogP contribution >= 0.6 is 0 Å². The lowest BCUT2D eigenvalue weighted by Crippen LogP contribution is -2.33. The molecule has 1 aliphatic rings. The van der Waals surface area contributed by atoms with E-state index in [-0.39, 0.29) is 0 Å². The predicted molar refractivity (Wildman–Crippen MR) is 92.3 cm³/mol. The zero-order valence-electron chi connectivity index (χ0n) is 14.1. The van der Waals surface area contributed by atoms with Gasteiger partial charge in [0.15, 0.2) is 5.82 Å². The number of aryl methyl sites for hydroxylation is 1. The Balaban J connectivity index is 1.61. The fourth-order valence-corrected chi connectivity index (χ4v) is 3.34. The Labute approximate surface area is 138 Å². The fourth-order valence-electron chi connectivity index (χ4n) is 3.34. The summed E-state index contributed by atoms with van der Waals surface area (Å²) < 4.78 is 11.0. The summed E-state index contributed by atoms with van der Waals surface area (Å²) in [5.41, 5.74) is 1.33. The van der Waals surface area contributed by atoms with Gasteiger partial charge in [0.25, 0.3) is 0 Å². The van der Waals surface area contributed by atoms with Gasteiger partial charge in [0, 0.05) is 25.6 Å². The average Bonchev–Trinajstić information content (AvgIpc) is 3.09. The first kappa shape index (κ1) is 15.9. The summed E-state index contributed by atoms with van der Waals surface area (Å²) in [6.07, 6.45) is 5.57. The van der Waals surface area contributed by atoms with Gasteiger partial charge >= 0.3 is 0 Å². The second-order valence-corrected chi connectivity index (χ2v) is 6.26. The smallest absolute Gasteiger partial charge is 0.172 e. The fraction of sp³-hybridized carbons (Fsp3) is 0.526. The molecule has 0 saturated carbocycles. The molecule has 1 aliphatic heterocycles. The number of hydrogen-bond acceptors (Lipinski definition) is 4. The Morgan fingerprint density at radius 2 is 2.04 bits per heavy atom. The van der Waals surface area contributed by atoms with Crippen LogP contribution in [-0.4, -0.2) is 25.4 Å². The van der Waals surface area contributed by atoms with Crippen molar-refractivity contribution in [1.82, 2.24) is 5.16 Å². The minimum atomic E-state index is 0.564. The van der Waals surface area contributed by atoms with Crippen molar-refractivity contribution in [2.75, 3.05) is 25.1 Å². The lowest BCUT2D eigenvalue weighted by molar-refractivity contribution is 0.375. The summed E-state index contributed by atoms with van der Waals surface area (Å²) in [5.74, 6) is 3.58. The first-order chi connectivity index (χ1) is 11.3. The van der Waals surface area contributed by atoms with Crippen LogP contribution in [0, 0.1) is 0 Å². The maximum Gasteiger partial charge on any atom is 0.172 e. The molecule has 0 atom stereocenters. The van der Waals surface area contributed by atoms with E-state index in [1.165, 1.54) is 12.0 Å². The van der Waals surface area contributed by atoms with Crippen molar-refractivity contribution in [2.24, 2.45) is 0 Å². The molecule has 1 saturated heterocycles. The largest absolute Gasteiger partial charge is 0.496 e. The molecule has 0 aliphatic carbocycles. The summed E-state index contributed by atoms with van der Waals surface area (Å²) in [6, 6.07) is 10.5. The Hall–Kier alpha value is -1.97. The van der Waals surface area contributed by atoms with Gasteiger partial charge in [-0.1, -0.05) is 36.7 Å². The van der Waals surface area contributed by atoms with E-state index in [0.717, 1.165) is 56.1 Å². The van der Waals surface area contributed by atoms with Crippen molar-refractivity contribution in [1.29, 1.82) is 0 Å². The second-order valence-electron chi connectivity index (χ2n) is 6.26. The Bertz CT molecular complexity index is 615. The van der Waals surface area contributed by atoms with Crippen LogP contribution in [0.4, 0.5) is 5.82 Å². The van der Waals surface area contributed by atoms with Crippen molar-refractivity contribution >= 4 is 5.82 Å². The molecule has 0 N–H and O–H groups in total. The van der Waals surface area contributed by atoms with Gasteiger partial charge in [-0.3, -0.25) is 0 Å². The molecular weight excluding hydrogens is 288 g/mol. The van der Waals surface area contributed by atoms with Gasteiger partial charge in [0.05, 0.1) is 7.11 Å². The number of rotatable bonds is 6. The number of hydrogen-bond donors (Lipinski definition) is 0. The molecule has 23 heavy (non-hydrogen) atoms. The van der Waals surface area contributed by atoms with Crippen LogP contribution in [0.2, 0.25) is 0 Å². The number of nitrogens with zero attached hydrogens (tertiary/aromatic N) is 2. The first-order valence-electron chi connectivity index (χ1n) is 8.65. The van der Waals surface area contributed by atoms with E-state index in [1.54, 1.807) is 7.11 Å². The zero-order valence-corrected chi connectivity index (χ0v) is 14.1. The lowest BCUT2D eigenvalue weighted by atomic mass is 9.89. The number of para-hydroxylation sites is 1. The molecule has 0 unspecified atom stereocenters. The Kier molecular flexibility index (Phi) is 5.21. The summed E-state index contributed by atoms with van der Waals surface area (Å²) in [6.45, 7) is 4.23. The normalized spacial score (nSPS) is 15.8. The minimum Gasteiger partial charge on any atom is -0.496 e. The number of piperidine rings is 1. The highest BCUT2D eigenvalue weighted by Crippen LogP contribution is 2.35. The molecule has 0 amide bonds. The van der Waals surface area contributed by atoms with Crippen LogP contribution in [-0.2, 0) is 6.42 Å². The summed E-state index contributed by atoms with van der Waals surface area (Å²) in [5, 5.41) is 4.25. The molecule has 1 aromatic carbocycles. The standard InChI is InChI=1S/C19H26N2O2/c1-3-4-7-16-14-19(20-23-16)21-12-10-15(11-13-21)17-8-5-6-9-18(17)22-2/h5-6,8-9,14-15H,3-4,7,10-13H2,1-2H3. The number of aromatic nitrogens is 1. The van der Waals surface area contributed by atoms with Crippen LogP contribution in [0.3, 0.4) is 0 Å². The maximum absolute atomic E-state index is 5.51. The van der Waals surface area contributed by atoms with Crippen molar-refractivity contribution in [3.8, 4) is 5.75 Å². The van der Waals surface area contributed by atoms with E-state index >= 15 is 0 Å². The third kappa shape index (κ3) is 3.69. The van der Waals surface area contributed by atoms with Gasteiger partial charge in [-0.25, -0.2) is 0 Å². The maximum atomic E-state index is 5.51. The number of benzene rings is 1. The van der Waals surface area contributed by atoms with E-state index in [2.05, 4.69) is 41.2 Å². The highest BCUT2D eigenvalue weighted by Gasteiger charge is 2.24. The Morgan fingerprint density at radius 3 is 2.78 bits per heavy atom. The highest BCUT2D eigenvalue weighted by atomic mass is 16.5. The molecule has 4 nitrogen and oxygen atoms in total. The van der Waals surface area contributed by atoms with Crippen LogP contribution in [0.25, 0.3) is 0 Å².